The first kappa shape index (κ1) is 25.6. The molecule has 8 nitrogen and oxygen atoms in total. The number of halogens is 1. The number of carbonyl (C=O) groups excluding carboxylic acids is 2. The maximum atomic E-state index is 13.6. The summed E-state index contributed by atoms with van der Waals surface area (Å²) in [6.07, 6.45) is 0. The molecule has 0 bridgehead atoms. The first-order valence-corrected chi connectivity index (χ1v) is 12.6. The van der Waals surface area contributed by atoms with E-state index in [1.165, 1.54) is 36.4 Å². The van der Waals surface area contributed by atoms with Crippen LogP contribution in [0, 0.1) is 19.7 Å². The van der Waals surface area contributed by atoms with E-state index in [1.807, 2.05) is 13.8 Å². The minimum Gasteiger partial charge on any atom is -0.368 e. The Balaban J connectivity index is 1.93. The van der Waals surface area contributed by atoms with Crippen molar-refractivity contribution < 1.29 is 22.4 Å². The van der Waals surface area contributed by atoms with Gasteiger partial charge in [0.15, 0.2) is 11.5 Å². The van der Waals surface area contributed by atoms with Gasteiger partial charge in [-0.3, -0.25) is 9.59 Å². The molecular weight excluding hydrogens is 495 g/mol. The topological polar surface area (TPSA) is 124 Å². The lowest BCUT2D eigenvalue weighted by Gasteiger charge is -2.18. The van der Waals surface area contributed by atoms with Gasteiger partial charge in [-0.2, -0.15) is 13.5 Å². The number of amides is 1. The summed E-state index contributed by atoms with van der Waals surface area (Å²) < 4.78 is 44.6. The van der Waals surface area contributed by atoms with E-state index in [2.05, 4.69) is 9.50 Å². The Labute approximate surface area is 213 Å². The summed E-state index contributed by atoms with van der Waals surface area (Å²) in [6, 6.07) is 19.0. The second-order valence-corrected chi connectivity index (χ2v) is 10.1. The number of rotatable bonds is 7. The summed E-state index contributed by atoms with van der Waals surface area (Å²) in [5.41, 5.74) is 7.77. The van der Waals surface area contributed by atoms with Crippen LogP contribution in [0.5, 0.6) is 0 Å². The van der Waals surface area contributed by atoms with Crippen LogP contribution in [-0.2, 0) is 14.8 Å². The van der Waals surface area contributed by atoms with Crippen LogP contribution in [0.2, 0.25) is 0 Å². The van der Waals surface area contributed by atoms with E-state index in [1.54, 1.807) is 36.4 Å². The number of aryl methyl sites for hydroxylation is 2. The monoisotopic (exact) mass is 518 g/mol. The van der Waals surface area contributed by atoms with Gasteiger partial charge in [0.1, 0.15) is 11.5 Å². The van der Waals surface area contributed by atoms with Gasteiger partial charge in [-0.25, -0.2) is 9.07 Å². The molecule has 188 valence electrons. The molecule has 10 heteroatoms. The molecule has 2 N–H and O–H groups in total. The number of benzene rings is 3. The predicted octanol–water partition coefficient (Wildman–Crippen LogP) is 3.23. The number of primary amides is 1. The van der Waals surface area contributed by atoms with Gasteiger partial charge in [0, 0.05) is 5.56 Å². The average Bonchev–Trinajstić information content (AvgIpc) is 2.86. The van der Waals surface area contributed by atoms with E-state index in [0.29, 0.717) is 5.56 Å². The Morgan fingerprint density at radius 2 is 1.43 bits per heavy atom. The fourth-order valence-electron chi connectivity index (χ4n) is 3.62. The molecule has 0 spiro atoms. The van der Waals surface area contributed by atoms with Crippen molar-refractivity contribution in [2.75, 3.05) is 0 Å². The van der Waals surface area contributed by atoms with Gasteiger partial charge in [-0.1, -0.05) is 59.7 Å². The highest BCUT2D eigenvalue weighted by Gasteiger charge is 2.25. The van der Waals surface area contributed by atoms with Crippen molar-refractivity contribution in [3.8, 4) is 0 Å². The van der Waals surface area contributed by atoms with E-state index in [4.69, 9.17) is 5.73 Å². The standard InChI is InChI=1S/C27H23FN4O4S/c1-17-3-7-20(8-4-17)26(33)23-15-16-24(31-37(35,36)22-13-5-18(2)6-14-22)32(30-23)25(27(29)34)19-9-11-21(28)12-10-19/h3-16,25H,1-2H3,(H2,29,34)/b31-24+. The molecule has 0 aliphatic carbocycles. The highest BCUT2D eigenvalue weighted by atomic mass is 32.2. The average molecular weight is 519 g/mol. The second kappa shape index (κ2) is 10.3. The molecule has 0 aliphatic rings. The lowest BCUT2D eigenvalue weighted by molar-refractivity contribution is -0.120. The van der Waals surface area contributed by atoms with Gasteiger partial charge >= 0.3 is 0 Å². The zero-order valence-corrected chi connectivity index (χ0v) is 20.8. The van der Waals surface area contributed by atoms with Crippen LogP contribution in [0.15, 0.2) is 94.2 Å². The molecule has 1 atom stereocenters. The van der Waals surface area contributed by atoms with Crippen molar-refractivity contribution in [3.05, 3.63) is 124 Å². The minimum atomic E-state index is -4.22. The quantitative estimate of drug-likeness (QED) is 0.376. The number of sulfonamides is 1. The van der Waals surface area contributed by atoms with Crippen molar-refractivity contribution in [1.29, 1.82) is 0 Å². The third-order valence-corrected chi connectivity index (χ3v) is 6.91. The van der Waals surface area contributed by atoms with Gasteiger partial charge in [-0.15, -0.1) is 4.40 Å². The van der Waals surface area contributed by atoms with Crippen molar-refractivity contribution in [2.24, 2.45) is 10.1 Å². The molecule has 3 aromatic carbocycles. The molecule has 1 heterocycles. The van der Waals surface area contributed by atoms with Crippen LogP contribution < -0.4 is 11.2 Å². The van der Waals surface area contributed by atoms with Crippen LogP contribution in [0.4, 0.5) is 4.39 Å². The van der Waals surface area contributed by atoms with E-state index in [-0.39, 0.29) is 21.6 Å². The van der Waals surface area contributed by atoms with Gasteiger partial charge in [-0.05, 0) is 55.8 Å². The molecular formula is C27H23FN4O4S. The van der Waals surface area contributed by atoms with Crippen molar-refractivity contribution in [1.82, 2.24) is 9.78 Å². The molecule has 0 saturated heterocycles. The van der Waals surface area contributed by atoms with Crippen LogP contribution in [-0.4, -0.2) is 29.9 Å². The van der Waals surface area contributed by atoms with Gasteiger partial charge in [0.05, 0.1) is 4.90 Å². The van der Waals surface area contributed by atoms with Crippen LogP contribution in [0.25, 0.3) is 0 Å². The maximum absolute atomic E-state index is 13.6. The Morgan fingerprint density at radius 3 is 2.00 bits per heavy atom. The summed E-state index contributed by atoms with van der Waals surface area (Å²) in [4.78, 5) is 25.7. The highest BCUT2D eigenvalue weighted by molar-refractivity contribution is 7.90. The summed E-state index contributed by atoms with van der Waals surface area (Å²) in [5.74, 6) is -1.91. The number of hydrogen-bond donors (Lipinski definition) is 1. The Kier molecular flexibility index (Phi) is 7.12. The molecule has 1 amide bonds. The molecule has 0 fully saturated rings. The number of nitrogens with zero attached hydrogens (tertiary/aromatic N) is 3. The van der Waals surface area contributed by atoms with Crippen molar-refractivity contribution in [3.63, 3.8) is 0 Å². The zero-order chi connectivity index (χ0) is 26.7. The Bertz CT molecular complexity index is 1640. The summed E-state index contributed by atoms with van der Waals surface area (Å²) in [5, 5.41) is 4.30. The molecule has 0 aliphatic heterocycles. The third-order valence-electron chi connectivity index (χ3n) is 5.62. The van der Waals surface area contributed by atoms with Crippen LogP contribution in [0.3, 0.4) is 0 Å². The summed E-state index contributed by atoms with van der Waals surface area (Å²) in [7, 11) is -4.22. The molecule has 0 saturated carbocycles. The number of hydrogen-bond acceptors (Lipinski definition) is 5. The fraction of sp³-hybridized carbons (Fsp3) is 0.111. The molecule has 37 heavy (non-hydrogen) atoms. The van der Waals surface area contributed by atoms with E-state index >= 15 is 0 Å². The smallest absolute Gasteiger partial charge is 0.284 e. The summed E-state index contributed by atoms with van der Waals surface area (Å²) >= 11 is 0. The lowest BCUT2D eigenvalue weighted by atomic mass is 10.1. The molecule has 0 radical (unpaired) electrons. The molecule has 4 aromatic rings. The largest absolute Gasteiger partial charge is 0.368 e. The summed E-state index contributed by atoms with van der Waals surface area (Å²) in [6.45, 7) is 3.70. The molecule has 1 unspecified atom stereocenters. The van der Waals surface area contributed by atoms with Crippen molar-refractivity contribution >= 4 is 21.7 Å². The normalized spacial score (nSPS) is 12.8. The highest BCUT2D eigenvalue weighted by Crippen LogP contribution is 2.18. The zero-order valence-electron chi connectivity index (χ0n) is 20.0. The third kappa shape index (κ3) is 5.70. The van der Waals surface area contributed by atoms with E-state index < -0.39 is 33.6 Å². The number of carbonyl (C=O) groups is 2. The minimum absolute atomic E-state index is 0.0658. The van der Waals surface area contributed by atoms with Crippen LogP contribution >= 0.6 is 0 Å². The number of aromatic nitrogens is 2. The van der Waals surface area contributed by atoms with E-state index in [0.717, 1.165) is 27.9 Å². The SMILES string of the molecule is Cc1ccc(C(=O)c2cc/c(=N\S(=O)(=O)c3ccc(C)cc3)n(C(C(N)=O)c3ccc(F)cc3)n2)cc1. The first-order valence-electron chi connectivity index (χ1n) is 11.2. The van der Waals surface area contributed by atoms with E-state index in [9.17, 15) is 22.4 Å². The van der Waals surface area contributed by atoms with Crippen LogP contribution in [0.1, 0.15) is 38.8 Å². The Hall–Kier alpha value is -4.44. The maximum Gasteiger partial charge on any atom is 0.284 e. The predicted molar refractivity (Wildman–Crippen MR) is 134 cm³/mol. The first-order chi connectivity index (χ1) is 17.5. The second-order valence-electron chi connectivity index (χ2n) is 8.45. The number of ketones is 1. The number of nitrogens with two attached hydrogens (primary N) is 1. The molecule has 4 rings (SSSR count). The van der Waals surface area contributed by atoms with Gasteiger partial charge < -0.3 is 5.73 Å². The molecule has 1 aromatic heterocycles. The van der Waals surface area contributed by atoms with Gasteiger partial charge in [0.25, 0.3) is 10.0 Å². The fourth-order valence-corrected chi connectivity index (χ4v) is 4.60. The van der Waals surface area contributed by atoms with Gasteiger partial charge in [0.2, 0.25) is 11.7 Å². The Morgan fingerprint density at radius 1 is 0.865 bits per heavy atom. The van der Waals surface area contributed by atoms with Crippen molar-refractivity contribution in [2.45, 2.75) is 24.8 Å². The lowest BCUT2D eigenvalue weighted by Crippen LogP contribution is -2.38.